The number of rotatable bonds is 5. The van der Waals surface area contributed by atoms with Crippen molar-refractivity contribution in [2.75, 3.05) is 13.6 Å². The molecule has 0 saturated carbocycles. The molecule has 86 valence electrons. The Morgan fingerprint density at radius 1 is 1.36 bits per heavy atom. The number of hydrogen-bond donors (Lipinski definition) is 7. The van der Waals surface area contributed by atoms with Crippen LogP contribution in [0.5, 0.6) is 0 Å². The minimum Gasteiger partial charge on any atom is -0.341 e. The lowest BCUT2D eigenvalue weighted by molar-refractivity contribution is 0.110. The predicted octanol–water partition coefficient (Wildman–Crippen LogP) is -1.84. The monoisotopic (exact) mass is 250 g/mol. The third-order valence-electron chi connectivity index (χ3n) is 1.66. The molecule has 0 saturated heterocycles. The molecule has 0 aliphatic carbocycles. The lowest BCUT2D eigenvalue weighted by Gasteiger charge is -2.26. The van der Waals surface area contributed by atoms with Gasteiger partial charge in [0, 0.05) is 13.0 Å². The quantitative estimate of drug-likeness (QED) is 0.281. The maximum absolute atomic E-state index is 10.8. The van der Waals surface area contributed by atoms with Crippen LogP contribution in [0.3, 0.4) is 0 Å². The molecule has 0 aromatic rings. The molecular formula is C4H14NO7P2+. The molecule has 0 heterocycles. The Labute approximate surface area is 81.0 Å². The van der Waals surface area contributed by atoms with Crippen molar-refractivity contribution in [3.63, 3.8) is 0 Å². The highest BCUT2D eigenvalue weighted by Crippen LogP contribution is 2.73. The zero-order valence-electron chi connectivity index (χ0n) is 7.40. The molecule has 7 N–H and O–H groups in total. The highest BCUT2D eigenvalue weighted by Gasteiger charge is 2.69. The Bertz CT molecular complexity index is 234. The average molecular weight is 250 g/mol. The topological polar surface area (TPSA) is 150 Å². The van der Waals surface area contributed by atoms with Crippen LogP contribution in [-0.2, 0) is 4.57 Å². The van der Waals surface area contributed by atoms with Crippen molar-refractivity contribution >= 4 is 15.5 Å². The summed E-state index contributed by atoms with van der Waals surface area (Å²) in [5.74, 6) is 0. The van der Waals surface area contributed by atoms with Crippen LogP contribution in [0, 0.1) is 0 Å². The van der Waals surface area contributed by atoms with E-state index in [-0.39, 0.29) is 6.54 Å². The minimum atomic E-state index is -5.22. The molecule has 0 spiro atoms. The van der Waals surface area contributed by atoms with Crippen LogP contribution in [0.2, 0.25) is 0 Å². The van der Waals surface area contributed by atoms with Crippen LogP contribution in [0.4, 0.5) is 0 Å². The molecule has 0 aromatic carbocycles. The van der Waals surface area contributed by atoms with E-state index in [0.29, 0.717) is 0 Å². The van der Waals surface area contributed by atoms with E-state index in [1.165, 1.54) is 7.05 Å². The Hall–Kier alpha value is 0.380. The predicted molar refractivity (Wildman–Crippen MR) is 49.1 cm³/mol. The van der Waals surface area contributed by atoms with Gasteiger partial charge in [-0.1, -0.05) is 0 Å². The summed E-state index contributed by atoms with van der Waals surface area (Å²) < 4.78 is 10.8. The van der Waals surface area contributed by atoms with Gasteiger partial charge in [-0.25, -0.2) is 0 Å². The average Bonchev–Trinajstić information content (AvgIpc) is 1.95. The minimum absolute atomic E-state index is 0.0922. The fraction of sp³-hybridized carbons (Fsp3) is 1.00. The number of nitrogens with one attached hydrogen (secondary N) is 1. The molecule has 0 aliphatic rings. The van der Waals surface area contributed by atoms with Crippen molar-refractivity contribution < 1.29 is 34.1 Å². The second kappa shape index (κ2) is 4.49. The summed E-state index contributed by atoms with van der Waals surface area (Å²) in [6.45, 7) is -0.0922. The summed E-state index contributed by atoms with van der Waals surface area (Å²) in [5.41, 5.74) is 0. The molecule has 14 heavy (non-hydrogen) atoms. The van der Waals surface area contributed by atoms with Crippen LogP contribution >= 0.6 is 15.5 Å². The van der Waals surface area contributed by atoms with Crippen molar-refractivity contribution in [1.82, 2.24) is 5.32 Å². The summed E-state index contributed by atoms with van der Waals surface area (Å²) in [6, 6.07) is 0. The van der Waals surface area contributed by atoms with Gasteiger partial charge in [0.25, 0.3) is 0 Å². The largest absolute Gasteiger partial charge is 0.451 e. The molecule has 0 bridgehead atoms. The summed E-state index contributed by atoms with van der Waals surface area (Å²) in [4.78, 5) is 43.6. The molecule has 8 nitrogen and oxygen atoms in total. The van der Waals surface area contributed by atoms with Crippen molar-refractivity contribution in [1.29, 1.82) is 0 Å². The van der Waals surface area contributed by atoms with Crippen LogP contribution in [0.15, 0.2) is 0 Å². The first-order valence-electron chi connectivity index (χ1n) is 3.56. The molecule has 1 atom stereocenters. The molecule has 0 aliphatic heterocycles. The maximum Gasteiger partial charge on any atom is 0.451 e. The van der Waals surface area contributed by atoms with Crippen LogP contribution < -0.4 is 5.32 Å². The second-order valence-corrected chi connectivity index (χ2v) is 6.80. The summed E-state index contributed by atoms with van der Waals surface area (Å²) >= 11 is 0. The molecule has 0 fully saturated rings. The van der Waals surface area contributed by atoms with Gasteiger partial charge in [0.05, 0.1) is 0 Å². The summed E-state index contributed by atoms with van der Waals surface area (Å²) in [6.07, 6.45) is -0.676. The van der Waals surface area contributed by atoms with Gasteiger partial charge in [0.2, 0.25) is 0 Å². The lowest BCUT2D eigenvalue weighted by atomic mass is 10.4. The Kier molecular flexibility index (Phi) is 4.61. The third kappa shape index (κ3) is 2.93. The smallest absolute Gasteiger partial charge is 0.341 e. The maximum atomic E-state index is 10.8. The fourth-order valence-corrected chi connectivity index (χ4v) is 2.98. The van der Waals surface area contributed by atoms with Gasteiger partial charge in [0.15, 0.2) is 0 Å². The highest BCUT2D eigenvalue weighted by atomic mass is 31.3. The molecule has 0 amide bonds. The molecule has 10 heteroatoms. The van der Waals surface area contributed by atoms with Crippen molar-refractivity contribution in [3.8, 4) is 0 Å². The Morgan fingerprint density at radius 2 is 1.79 bits per heavy atom. The highest BCUT2D eigenvalue weighted by molar-refractivity contribution is 7.75. The number of aliphatic hydroxyl groups is 1. The van der Waals surface area contributed by atoms with E-state index < -0.39 is 27.0 Å². The number of hydrogen-bond acceptors (Lipinski definition) is 6. The van der Waals surface area contributed by atoms with E-state index in [1.54, 1.807) is 0 Å². The molecule has 1 unspecified atom stereocenters. The van der Waals surface area contributed by atoms with Gasteiger partial charge in [-0.2, -0.15) is 14.7 Å². The Morgan fingerprint density at radius 3 is 2.00 bits per heavy atom. The molecule has 0 radical (unpaired) electrons. The molecular weight excluding hydrogens is 236 g/mol. The van der Waals surface area contributed by atoms with Gasteiger partial charge in [-0.15, -0.1) is 0 Å². The van der Waals surface area contributed by atoms with Gasteiger partial charge in [-0.05, 0) is 7.05 Å². The van der Waals surface area contributed by atoms with Crippen LogP contribution in [-0.4, -0.2) is 48.2 Å². The van der Waals surface area contributed by atoms with Crippen molar-refractivity contribution in [2.45, 2.75) is 11.5 Å². The standard InChI is InChI=1S/C4H13NO7P2/c1-5-3-2-4(6,13(7,8)9)14(10,11)12/h5-9H,2-3H2,1H3,(H-,10,11,12)/p+1. The van der Waals surface area contributed by atoms with E-state index in [1.807, 2.05) is 0 Å². The first kappa shape index (κ1) is 14.4. The summed E-state index contributed by atoms with van der Waals surface area (Å²) in [5, 5.41) is 8.57. The van der Waals surface area contributed by atoms with Gasteiger partial charge in [0.1, 0.15) is 0 Å². The zero-order valence-corrected chi connectivity index (χ0v) is 9.19. The normalized spacial score (nSPS) is 17.9. The van der Waals surface area contributed by atoms with Gasteiger partial charge < -0.3 is 20.2 Å². The second-order valence-electron chi connectivity index (χ2n) is 2.74. The van der Waals surface area contributed by atoms with Crippen LogP contribution in [0.25, 0.3) is 0 Å². The van der Waals surface area contributed by atoms with E-state index in [0.717, 1.165) is 0 Å². The van der Waals surface area contributed by atoms with Crippen molar-refractivity contribution in [3.05, 3.63) is 0 Å². The van der Waals surface area contributed by atoms with E-state index in [2.05, 4.69) is 5.32 Å². The molecule has 0 rings (SSSR count). The first-order chi connectivity index (χ1) is 6.06. The third-order valence-corrected chi connectivity index (χ3v) is 5.59. The van der Waals surface area contributed by atoms with E-state index in [9.17, 15) is 9.67 Å². The molecule has 0 aromatic heterocycles. The first-order valence-corrected chi connectivity index (χ1v) is 6.82. The van der Waals surface area contributed by atoms with Crippen LogP contribution in [0.1, 0.15) is 6.42 Å². The Balaban J connectivity index is 4.98. The summed E-state index contributed by atoms with van der Waals surface area (Å²) in [7, 11) is -8.82. The SMILES string of the molecule is CNCCC(O)(P(=O)(O)O)[P+](O)(O)O. The van der Waals surface area contributed by atoms with Crippen molar-refractivity contribution in [2.24, 2.45) is 0 Å². The zero-order chi connectivity index (χ0) is 11.6. The van der Waals surface area contributed by atoms with Gasteiger partial charge in [-0.3, -0.25) is 4.57 Å². The van der Waals surface area contributed by atoms with E-state index >= 15 is 0 Å². The fourth-order valence-electron chi connectivity index (χ4n) is 0.763. The van der Waals surface area contributed by atoms with Gasteiger partial charge >= 0.3 is 20.6 Å². The lowest BCUT2D eigenvalue weighted by Crippen LogP contribution is -2.34. The van der Waals surface area contributed by atoms with E-state index in [4.69, 9.17) is 24.5 Å².